The molecule has 1 fully saturated rings. The van der Waals surface area contributed by atoms with Gasteiger partial charge in [0.1, 0.15) is 6.10 Å². The summed E-state index contributed by atoms with van der Waals surface area (Å²) in [4.78, 5) is 0. The maximum Gasteiger partial charge on any atom is 0.104 e. The van der Waals surface area contributed by atoms with Gasteiger partial charge in [-0.05, 0) is 12.8 Å². The van der Waals surface area contributed by atoms with Crippen molar-refractivity contribution in [1.82, 2.24) is 0 Å². The van der Waals surface area contributed by atoms with Gasteiger partial charge in [0.2, 0.25) is 0 Å². The Morgan fingerprint density at radius 1 is 1.75 bits per heavy atom. The predicted octanol–water partition coefficient (Wildman–Crippen LogP) is -0.480. The Kier molecular flexibility index (Phi) is 2.30. The average molecular weight is 115 g/mol. The molecule has 1 unspecified atom stereocenters. The van der Waals surface area contributed by atoms with Gasteiger partial charge in [0.15, 0.2) is 0 Å². The molecule has 0 bridgehead atoms. The third-order valence-corrected chi connectivity index (χ3v) is 1.45. The van der Waals surface area contributed by atoms with E-state index in [2.05, 4.69) is 7.05 Å². The molecule has 2 nitrogen and oxygen atoms in total. The molecular weight excluding hydrogens is 102 g/mol. The van der Waals surface area contributed by atoms with Crippen LogP contribution in [0.2, 0.25) is 0 Å². The summed E-state index contributed by atoms with van der Waals surface area (Å²) in [5.74, 6) is 0. The summed E-state index contributed by atoms with van der Waals surface area (Å²) < 4.78 is 5.32. The van der Waals surface area contributed by atoms with Gasteiger partial charge in [-0.2, -0.15) is 7.05 Å². The number of ether oxygens (including phenoxy) is 1. The zero-order valence-electron chi connectivity index (χ0n) is 5.10. The monoisotopic (exact) mass is 115 g/mol. The summed E-state index contributed by atoms with van der Waals surface area (Å²) in [5, 5.41) is 1.93. The lowest BCUT2D eigenvalue weighted by atomic mass is 10.2. The van der Waals surface area contributed by atoms with Crippen molar-refractivity contribution in [2.24, 2.45) is 0 Å². The molecule has 0 amide bonds. The first-order valence-electron chi connectivity index (χ1n) is 3.16. The van der Waals surface area contributed by atoms with Crippen LogP contribution < -0.4 is 5.32 Å². The Labute approximate surface area is 50.2 Å². The maximum atomic E-state index is 5.32. The fourth-order valence-electron chi connectivity index (χ4n) is 1.02. The van der Waals surface area contributed by atoms with Gasteiger partial charge in [-0.25, -0.2) is 0 Å². The van der Waals surface area contributed by atoms with E-state index in [0.717, 1.165) is 13.2 Å². The van der Waals surface area contributed by atoms with Crippen molar-refractivity contribution < 1.29 is 10.1 Å². The molecule has 1 atom stereocenters. The molecule has 48 valence electrons. The molecule has 2 heteroatoms. The van der Waals surface area contributed by atoms with Gasteiger partial charge < -0.3 is 10.1 Å². The van der Waals surface area contributed by atoms with Crippen LogP contribution in [0, 0.1) is 7.05 Å². The minimum Gasteiger partial charge on any atom is -0.477 e. The van der Waals surface area contributed by atoms with Crippen molar-refractivity contribution in [2.45, 2.75) is 18.9 Å². The Balaban J connectivity index is 2.06. The average Bonchev–Trinajstić information content (AvgIpc) is 2.19. The van der Waals surface area contributed by atoms with Crippen molar-refractivity contribution in [3.05, 3.63) is 7.05 Å². The summed E-state index contributed by atoms with van der Waals surface area (Å²) >= 11 is 0. The van der Waals surface area contributed by atoms with Crippen LogP contribution in [0.1, 0.15) is 12.8 Å². The molecule has 0 aliphatic carbocycles. The zero-order valence-corrected chi connectivity index (χ0v) is 5.10. The Morgan fingerprint density at radius 2 is 2.62 bits per heavy atom. The van der Waals surface area contributed by atoms with Crippen LogP contribution in [-0.4, -0.2) is 19.3 Å². The molecule has 2 N–H and O–H groups in total. The second-order valence-electron chi connectivity index (χ2n) is 2.16. The summed E-state index contributed by atoms with van der Waals surface area (Å²) in [6.45, 7) is 1.98. The third kappa shape index (κ3) is 1.46. The molecule has 0 spiro atoms. The first kappa shape index (κ1) is 6.05. The highest BCUT2D eigenvalue weighted by molar-refractivity contribution is 4.61. The third-order valence-electron chi connectivity index (χ3n) is 1.45. The summed E-state index contributed by atoms with van der Waals surface area (Å²) in [6.07, 6.45) is 2.96. The van der Waals surface area contributed by atoms with Crippen LogP contribution >= 0.6 is 0 Å². The van der Waals surface area contributed by atoms with E-state index < -0.39 is 0 Å². The van der Waals surface area contributed by atoms with Crippen molar-refractivity contribution in [3.8, 4) is 0 Å². The molecule has 1 aliphatic rings. The Bertz CT molecular complexity index is 59.5. The lowest BCUT2D eigenvalue weighted by Gasteiger charge is -2.06. The molecule has 1 aliphatic heterocycles. The van der Waals surface area contributed by atoms with Gasteiger partial charge in [-0.3, -0.25) is 0 Å². The van der Waals surface area contributed by atoms with Crippen LogP contribution in [0.4, 0.5) is 0 Å². The van der Waals surface area contributed by atoms with E-state index in [-0.39, 0.29) is 0 Å². The number of nitrogens with two attached hydrogens (primary N) is 1. The van der Waals surface area contributed by atoms with Crippen LogP contribution in [0.3, 0.4) is 0 Å². The normalized spacial score (nSPS) is 28.9. The highest BCUT2D eigenvalue weighted by Gasteiger charge is 2.14. The fourth-order valence-corrected chi connectivity index (χ4v) is 1.02. The van der Waals surface area contributed by atoms with Crippen LogP contribution in [0.5, 0.6) is 0 Å². The van der Waals surface area contributed by atoms with Crippen LogP contribution in [0.15, 0.2) is 0 Å². The second-order valence-corrected chi connectivity index (χ2v) is 2.16. The van der Waals surface area contributed by atoms with E-state index in [4.69, 9.17) is 4.74 Å². The van der Waals surface area contributed by atoms with Crippen molar-refractivity contribution in [2.75, 3.05) is 13.2 Å². The van der Waals surface area contributed by atoms with E-state index in [1.807, 2.05) is 5.32 Å². The highest BCUT2D eigenvalue weighted by atomic mass is 16.5. The smallest absolute Gasteiger partial charge is 0.104 e. The summed E-state index contributed by atoms with van der Waals surface area (Å²) in [6, 6.07) is 0. The van der Waals surface area contributed by atoms with E-state index in [0.29, 0.717) is 6.10 Å². The number of quaternary nitrogens is 1. The standard InChI is InChI=1S/C6H13NO/c1-7-5-6-3-2-4-8-6/h6H,1-5,7H2. The molecule has 1 heterocycles. The van der Waals surface area contributed by atoms with Crippen molar-refractivity contribution >= 4 is 0 Å². The maximum absolute atomic E-state index is 5.32. The van der Waals surface area contributed by atoms with Gasteiger partial charge in [0.25, 0.3) is 0 Å². The first-order valence-corrected chi connectivity index (χ1v) is 3.16. The molecule has 0 aromatic carbocycles. The van der Waals surface area contributed by atoms with Gasteiger partial charge in [-0.1, -0.05) is 0 Å². The molecular formula is C6H13NO. The van der Waals surface area contributed by atoms with E-state index in [1.165, 1.54) is 12.8 Å². The predicted molar refractivity (Wildman–Crippen MR) is 31.1 cm³/mol. The van der Waals surface area contributed by atoms with Gasteiger partial charge in [0, 0.05) is 6.61 Å². The van der Waals surface area contributed by atoms with Crippen molar-refractivity contribution in [3.63, 3.8) is 0 Å². The van der Waals surface area contributed by atoms with Gasteiger partial charge in [0.05, 0.1) is 6.54 Å². The quantitative estimate of drug-likeness (QED) is 0.483. The molecule has 0 aromatic heterocycles. The lowest BCUT2D eigenvalue weighted by Crippen LogP contribution is -2.79. The molecule has 0 radical (unpaired) electrons. The largest absolute Gasteiger partial charge is 0.477 e. The minimum atomic E-state index is 0.493. The zero-order chi connectivity index (χ0) is 5.82. The number of hydrogen-bond acceptors (Lipinski definition) is 1. The molecule has 1 saturated heterocycles. The number of rotatable bonds is 2. The van der Waals surface area contributed by atoms with E-state index in [1.54, 1.807) is 0 Å². The molecule has 8 heavy (non-hydrogen) atoms. The van der Waals surface area contributed by atoms with Crippen molar-refractivity contribution in [1.29, 1.82) is 0 Å². The highest BCUT2D eigenvalue weighted by Crippen LogP contribution is 2.08. The topological polar surface area (TPSA) is 25.8 Å². The Hall–Kier alpha value is -0.0800. The van der Waals surface area contributed by atoms with Crippen LogP contribution in [-0.2, 0) is 4.74 Å². The minimum absolute atomic E-state index is 0.493. The Morgan fingerprint density at radius 3 is 3.12 bits per heavy atom. The molecule has 0 saturated carbocycles. The van der Waals surface area contributed by atoms with E-state index >= 15 is 0 Å². The summed E-state index contributed by atoms with van der Waals surface area (Å²) in [7, 11) is 3.64. The van der Waals surface area contributed by atoms with E-state index in [9.17, 15) is 0 Å². The molecule has 0 aromatic rings. The SMILES string of the molecule is [CH2-][NH2+]CC1CCCO1. The number of hydrogen-bond donors (Lipinski definition) is 1. The van der Waals surface area contributed by atoms with Gasteiger partial charge >= 0.3 is 0 Å². The first-order chi connectivity index (χ1) is 3.93. The van der Waals surface area contributed by atoms with Gasteiger partial charge in [-0.15, -0.1) is 0 Å². The lowest BCUT2D eigenvalue weighted by molar-refractivity contribution is -0.602. The second kappa shape index (κ2) is 3.05. The fraction of sp³-hybridized carbons (Fsp3) is 0.833. The summed E-state index contributed by atoms with van der Waals surface area (Å²) in [5.41, 5.74) is 0. The molecule has 1 rings (SSSR count). The van der Waals surface area contributed by atoms with Crippen LogP contribution in [0.25, 0.3) is 0 Å².